The average Bonchev–Trinajstić information content (AvgIpc) is 2.76. The Morgan fingerprint density at radius 3 is 2.84 bits per heavy atom. The van der Waals surface area contributed by atoms with E-state index in [1.165, 1.54) is 0 Å². The van der Waals surface area contributed by atoms with Gasteiger partial charge in [0.15, 0.2) is 0 Å². The highest BCUT2D eigenvalue weighted by atomic mass is 79.9. The third-order valence-corrected chi connectivity index (χ3v) is 4.86. The topological polar surface area (TPSA) is 42.4 Å². The number of aryl methyl sites for hydroxylation is 1. The van der Waals surface area contributed by atoms with Gasteiger partial charge < -0.3 is 9.84 Å². The van der Waals surface area contributed by atoms with Gasteiger partial charge in [-0.2, -0.15) is 0 Å². The van der Waals surface area contributed by atoms with E-state index in [9.17, 15) is 5.11 Å². The Morgan fingerprint density at radius 1 is 1.42 bits per heavy atom. The first kappa shape index (κ1) is 14.5. The third-order valence-electron chi connectivity index (χ3n) is 2.67. The summed E-state index contributed by atoms with van der Waals surface area (Å²) in [5.41, 5.74) is 0.752. The van der Waals surface area contributed by atoms with Crippen molar-refractivity contribution in [1.82, 2.24) is 4.98 Å². The van der Waals surface area contributed by atoms with E-state index in [4.69, 9.17) is 4.74 Å². The van der Waals surface area contributed by atoms with Crippen molar-refractivity contribution in [2.24, 2.45) is 0 Å². The molecule has 19 heavy (non-hydrogen) atoms. The monoisotopic (exact) mass is 341 g/mol. The van der Waals surface area contributed by atoms with Gasteiger partial charge in [-0.15, -0.1) is 11.3 Å². The predicted molar refractivity (Wildman–Crippen MR) is 80.8 cm³/mol. The molecule has 0 spiro atoms. The molecule has 102 valence electrons. The first-order valence-corrected chi connectivity index (χ1v) is 7.74. The van der Waals surface area contributed by atoms with Crippen molar-refractivity contribution in [2.75, 3.05) is 6.61 Å². The molecule has 0 radical (unpaired) electrons. The van der Waals surface area contributed by atoms with Gasteiger partial charge in [0.1, 0.15) is 11.9 Å². The lowest BCUT2D eigenvalue weighted by molar-refractivity contribution is 0.222. The van der Waals surface area contributed by atoms with Gasteiger partial charge in [-0.05, 0) is 41.4 Å². The third kappa shape index (κ3) is 3.55. The molecule has 3 nitrogen and oxygen atoms in total. The minimum atomic E-state index is -0.660. The van der Waals surface area contributed by atoms with Crippen LogP contribution < -0.4 is 4.74 Å². The second-order valence-corrected chi connectivity index (χ2v) is 6.40. The number of aliphatic hydroxyl groups excluding tert-OH is 1. The summed E-state index contributed by atoms with van der Waals surface area (Å²) in [5, 5.41) is 10.4. The maximum Gasteiger partial charge on any atom is 0.137 e. The molecule has 0 aliphatic carbocycles. The molecule has 0 saturated heterocycles. The van der Waals surface area contributed by atoms with Gasteiger partial charge in [-0.1, -0.05) is 6.92 Å². The quantitative estimate of drug-likeness (QED) is 0.890. The normalized spacial score (nSPS) is 12.4. The van der Waals surface area contributed by atoms with Crippen molar-refractivity contribution in [3.05, 3.63) is 44.3 Å². The summed E-state index contributed by atoms with van der Waals surface area (Å²) >= 11 is 5.04. The molecule has 1 atom stereocenters. The molecule has 2 heterocycles. The summed E-state index contributed by atoms with van der Waals surface area (Å²) in [4.78, 5) is 6.18. The summed E-state index contributed by atoms with van der Waals surface area (Å²) in [5.74, 6) is 0.700. The highest BCUT2D eigenvalue weighted by Crippen LogP contribution is 2.34. The first-order chi connectivity index (χ1) is 9.11. The van der Waals surface area contributed by atoms with E-state index in [2.05, 4.69) is 27.8 Å². The lowest BCUT2D eigenvalue weighted by atomic mass is 10.1. The number of hydrogen-bond donors (Lipinski definition) is 1. The number of pyridine rings is 1. The summed E-state index contributed by atoms with van der Waals surface area (Å²) in [7, 11) is 0. The van der Waals surface area contributed by atoms with Crippen LogP contribution in [0, 0.1) is 6.92 Å². The number of thiophene rings is 1. The number of halogens is 1. The van der Waals surface area contributed by atoms with Crippen molar-refractivity contribution in [1.29, 1.82) is 0 Å². The molecule has 0 amide bonds. The van der Waals surface area contributed by atoms with Crippen LogP contribution >= 0.6 is 27.3 Å². The van der Waals surface area contributed by atoms with E-state index in [1.54, 1.807) is 23.7 Å². The molecule has 2 aromatic rings. The molecule has 1 N–H and O–H groups in total. The second kappa shape index (κ2) is 6.50. The van der Waals surface area contributed by atoms with Gasteiger partial charge in [0.2, 0.25) is 0 Å². The maximum absolute atomic E-state index is 10.4. The highest BCUT2D eigenvalue weighted by Gasteiger charge is 2.15. The van der Waals surface area contributed by atoms with Crippen LogP contribution in [0.5, 0.6) is 5.75 Å². The van der Waals surface area contributed by atoms with E-state index < -0.39 is 6.10 Å². The fraction of sp³-hybridized carbons (Fsp3) is 0.357. The Balaban J connectivity index is 2.20. The van der Waals surface area contributed by atoms with Crippen molar-refractivity contribution >= 4 is 27.3 Å². The second-order valence-electron chi connectivity index (χ2n) is 4.26. The van der Waals surface area contributed by atoms with E-state index in [0.29, 0.717) is 12.4 Å². The Morgan fingerprint density at radius 2 is 2.21 bits per heavy atom. The molecular weight excluding hydrogens is 326 g/mol. The van der Waals surface area contributed by atoms with Crippen LogP contribution in [0.25, 0.3) is 0 Å². The molecule has 0 aromatic carbocycles. The Bertz CT molecular complexity index is 537. The minimum Gasteiger partial charge on any atom is -0.492 e. The van der Waals surface area contributed by atoms with E-state index in [0.717, 1.165) is 26.2 Å². The van der Waals surface area contributed by atoms with E-state index >= 15 is 0 Å². The van der Waals surface area contributed by atoms with Crippen LogP contribution in [0.1, 0.15) is 34.8 Å². The molecule has 2 aromatic heterocycles. The maximum atomic E-state index is 10.4. The first-order valence-electron chi connectivity index (χ1n) is 6.13. The smallest absolute Gasteiger partial charge is 0.137 e. The van der Waals surface area contributed by atoms with Crippen molar-refractivity contribution < 1.29 is 9.84 Å². The summed E-state index contributed by atoms with van der Waals surface area (Å²) in [6.07, 6.45) is 3.63. The van der Waals surface area contributed by atoms with E-state index in [-0.39, 0.29) is 0 Å². The number of aromatic nitrogens is 1. The number of aliphatic hydroxyl groups is 1. The fourth-order valence-corrected chi connectivity index (χ4v) is 3.24. The van der Waals surface area contributed by atoms with Crippen LogP contribution in [0.2, 0.25) is 0 Å². The summed E-state index contributed by atoms with van der Waals surface area (Å²) in [6.45, 7) is 4.73. The van der Waals surface area contributed by atoms with E-state index in [1.807, 2.05) is 19.1 Å². The molecule has 0 fully saturated rings. The van der Waals surface area contributed by atoms with Gasteiger partial charge in [0.05, 0.1) is 12.8 Å². The minimum absolute atomic E-state index is 0.658. The zero-order chi connectivity index (χ0) is 13.8. The Kier molecular flexibility index (Phi) is 4.96. The summed E-state index contributed by atoms with van der Waals surface area (Å²) in [6, 6.07) is 3.79. The molecule has 0 bridgehead atoms. The van der Waals surface area contributed by atoms with Crippen LogP contribution in [-0.2, 0) is 0 Å². The zero-order valence-corrected chi connectivity index (χ0v) is 13.3. The van der Waals surface area contributed by atoms with Crippen molar-refractivity contribution in [2.45, 2.75) is 26.4 Å². The largest absolute Gasteiger partial charge is 0.492 e. The van der Waals surface area contributed by atoms with Crippen LogP contribution in [0.15, 0.2) is 29.0 Å². The van der Waals surface area contributed by atoms with Crippen LogP contribution in [0.4, 0.5) is 0 Å². The highest BCUT2D eigenvalue weighted by molar-refractivity contribution is 9.10. The summed E-state index contributed by atoms with van der Waals surface area (Å²) < 4.78 is 6.56. The van der Waals surface area contributed by atoms with Gasteiger partial charge in [0.25, 0.3) is 0 Å². The molecule has 0 saturated carbocycles. The lowest BCUT2D eigenvalue weighted by Gasteiger charge is -2.10. The number of nitrogens with zero attached hydrogens (tertiary/aromatic N) is 1. The van der Waals surface area contributed by atoms with Crippen molar-refractivity contribution in [3.63, 3.8) is 0 Å². The van der Waals surface area contributed by atoms with Gasteiger partial charge in [-0.25, -0.2) is 0 Å². The number of ether oxygens (including phenoxy) is 1. The molecule has 0 aliphatic rings. The van der Waals surface area contributed by atoms with Crippen LogP contribution in [0.3, 0.4) is 0 Å². The number of hydrogen-bond acceptors (Lipinski definition) is 4. The van der Waals surface area contributed by atoms with Gasteiger partial charge >= 0.3 is 0 Å². The fourth-order valence-electron chi connectivity index (χ4n) is 1.66. The SMILES string of the molecule is CCCOc1cncc(C(O)c2cc(Br)c(C)s2)c1. The average molecular weight is 342 g/mol. The standard InChI is InChI=1S/C14H16BrNO2S/c1-3-4-18-11-5-10(7-16-8-11)14(17)13-6-12(15)9(2)19-13/h5-8,14,17H,3-4H2,1-2H3. The van der Waals surface area contributed by atoms with Gasteiger partial charge in [-0.3, -0.25) is 4.98 Å². The number of rotatable bonds is 5. The van der Waals surface area contributed by atoms with Crippen LogP contribution in [-0.4, -0.2) is 16.7 Å². The van der Waals surface area contributed by atoms with Crippen molar-refractivity contribution in [3.8, 4) is 5.75 Å². The molecule has 1 unspecified atom stereocenters. The molecule has 0 aliphatic heterocycles. The zero-order valence-electron chi connectivity index (χ0n) is 10.9. The Hall–Kier alpha value is -0.910. The van der Waals surface area contributed by atoms with Gasteiger partial charge in [0, 0.05) is 26.0 Å². The Labute approximate surface area is 125 Å². The molecule has 5 heteroatoms. The lowest BCUT2D eigenvalue weighted by Crippen LogP contribution is -2.00. The predicted octanol–water partition coefficient (Wildman–Crippen LogP) is 4.08. The molecule has 2 rings (SSSR count). The molecular formula is C14H16BrNO2S.